The van der Waals surface area contributed by atoms with Crippen molar-refractivity contribution in [3.05, 3.63) is 10.2 Å². The lowest BCUT2D eigenvalue weighted by Gasteiger charge is -2.00. The number of rotatable bonds is 2. The van der Waals surface area contributed by atoms with Crippen LogP contribution in [0.5, 0.6) is 0 Å². The molecule has 12 heavy (non-hydrogen) atoms. The summed E-state index contributed by atoms with van der Waals surface area (Å²) < 4.78 is 5.26. The Balaban J connectivity index is 2.68. The second-order valence-corrected chi connectivity index (χ2v) is 3.34. The van der Waals surface area contributed by atoms with Crippen LogP contribution in [0.25, 0.3) is 0 Å². The minimum Gasteiger partial charge on any atom is -0.463 e. The van der Waals surface area contributed by atoms with Gasteiger partial charge in [0.1, 0.15) is 9.78 Å². The normalized spacial score (nSPS) is 16.4. The predicted octanol–water partition coefficient (Wildman–Crippen LogP) is 2.20. The van der Waals surface area contributed by atoms with Crippen LogP contribution in [-0.2, 0) is 9.53 Å². The van der Waals surface area contributed by atoms with E-state index in [-0.39, 0.29) is 5.97 Å². The van der Waals surface area contributed by atoms with Crippen molar-refractivity contribution in [2.24, 2.45) is 4.99 Å². The van der Waals surface area contributed by atoms with Crippen LogP contribution in [-0.4, -0.2) is 17.7 Å². The van der Waals surface area contributed by atoms with Gasteiger partial charge in [0, 0.05) is 6.42 Å². The molecule has 3 nitrogen and oxygen atoms in total. The average molecular weight is 252 g/mol. The van der Waals surface area contributed by atoms with E-state index < -0.39 is 0 Å². The largest absolute Gasteiger partial charge is 0.463 e. The fourth-order valence-electron chi connectivity index (χ4n) is 0.807. The van der Waals surface area contributed by atoms with Gasteiger partial charge in [0.15, 0.2) is 0 Å². The molecular weight excluding hydrogens is 245 g/mol. The lowest BCUT2D eigenvalue weighted by Crippen LogP contribution is -2.07. The highest BCUT2D eigenvalue weighted by Crippen LogP contribution is 2.26. The molecule has 0 aromatic rings. The van der Waals surface area contributed by atoms with Crippen LogP contribution < -0.4 is 0 Å². The molecule has 0 aromatic heterocycles. The van der Waals surface area contributed by atoms with Crippen molar-refractivity contribution in [3.63, 3.8) is 0 Å². The number of aliphatic imine (C=N–C) groups is 1. The van der Waals surface area contributed by atoms with E-state index in [2.05, 4.69) is 20.9 Å². The molecule has 0 aromatic carbocycles. The van der Waals surface area contributed by atoms with E-state index in [0.29, 0.717) is 28.4 Å². The fourth-order valence-corrected chi connectivity index (χ4v) is 1.64. The summed E-state index contributed by atoms with van der Waals surface area (Å²) in [4.78, 5) is 15.0. The van der Waals surface area contributed by atoms with Gasteiger partial charge in [0.05, 0.1) is 12.2 Å². The maximum absolute atomic E-state index is 11.2. The Kier molecular flexibility index (Phi) is 3.29. The highest BCUT2D eigenvalue weighted by atomic mass is 79.9. The first kappa shape index (κ1) is 9.74. The number of carbonyl (C=O) groups is 1. The van der Waals surface area contributed by atoms with Crippen LogP contribution in [0.4, 0.5) is 0 Å². The molecule has 0 bridgehead atoms. The Morgan fingerprint density at radius 3 is 2.92 bits per heavy atom. The number of halogens is 2. The quantitative estimate of drug-likeness (QED) is 0.558. The van der Waals surface area contributed by atoms with Crippen molar-refractivity contribution in [2.75, 3.05) is 6.61 Å². The molecule has 0 fully saturated rings. The summed E-state index contributed by atoms with van der Waals surface area (Å²) in [7, 11) is 0. The molecule has 0 saturated heterocycles. The summed E-state index contributed by atoms with van der Waals surface area (Å²) in [6, 6.07) is 0. The Hall–Kier alpha value is -0.350. The second-order valence-electron chi connectivity index (χ2n) is 2.15. The molecular formula is C7H7BrClNO2. The van der Waals surface area contributed by atoms with Gasteiger partial charge in [-0.3, -0.25) is 0 Å². The first-order valence-electron chi connectivity index (χ1n) is 3.44. The summed E-state index contributed by atoms with van der Waals surface area (Å²) in [6.07, 6.45) is 0.362. The van der Waals surface area contributed by atoms with Crippen LogP contribution in [0.1, 0.15) is 13.3 Å². The van der Waals surface area contributed by atoms with Crippen LogP contribution in [0.15, 0.2) is 15.2 Å². The molecule has 66 valence electrons. The molecule has 0 saturated carbocycles. The minimum absolute atomic E-state index is 0.358. The number of esters is 1. The van der Waals surface area contributed by atoms with Crippen LogP contribution >= 0.6 is 27.5 Å². The van der Waals surface area contributed by atoms with E-state index in [0.717, 1.165) is 0 Å². The molecule has 1 aliphatic heterocycles. The van der Waals surface area contributed by atoms with Gasteiger partial charge in [-0.2, -0.15) is 0 Å². The van der Waals surface area contributed by atoms with Gasteiger partial charge < -0.3 is 4.74 Å². The van der Waals surface area contributed by atoms with Gasteiger partial charge in [0.25, 0.3) is 0 Å². The van der Waals surface area contributed by atoms with E-state index in [1.807, 2.05) is 0 Å². The summed E-state index contributed by atoms with van der Waals surface area (Å²) >= 11 is 8.74. The fraction of sp³-hybridized carbons (Fsp3) is 0.429. The number of carbonyl (C=O) groups excluding carboxylic acids is 1. The van der Waals surface area contributed by atoms with E-state index >= 15 is 0 Å². The first-order chi connectivity index (χ1) is 5.65. The molecule has 0 radical (unpaired) electrons. The summed E-state index contributed by atoms with van der Waals surface area (Å²) in [6.45, 7) is 2.12. The van der Waals surface area contributed by atoms with Gasteiger partial charge >= 0.3 is 5.97 Å². The minimum atomic E-state index is -0.358. The van der Waals surface area contributed by atoms with Crippen LogP contribution in [0.2, 0.25) is 0 Å². The van der Waals surface area contributed by atoms with Gasteiger partial charge in [-0.15, -0.1) is 0 Å². The molecule has 0 N–H and O–H groups in total. The molecule has 0 unspecified atom stereocenters. The van der Waals surface area contributed by atoms with Crippen molar-refractivity contribution >= 4 is 38.7 Å². The molecule has 0 aliphatic carbocycles. The monoisotopic (exact) mass is 251 g/mol. The van der Waals surface area contributed by atoms with Crippen LogP contribution in [0.3, 0.4) is 0 Å². The zero-order chi connectivity index (χ0) is 9.14. The van der Waals surface area contributed by atoms with Crippen LogP contribution in [0, 0.1) is 0 Å². The van der Waals surface area contributed by atoms with Crippen molar-refractivity contribution in [1.29, 1.82) is 0 Å². The van der Waals surface area contributed by atoms with E-state index in [1.165, 1.54) is 0 Å². The SMILES string of the molecule is CCOC(=O)C1=C(Br)N=C(Cl)C1. The summed E-state index contributed by atoms with van der Waals surface area (Å²) in [5.41, 5.74) is 0.488. The van der Waals surface area contributed by atoms with Crippen molar-refractivity contribution in [2.45, 2.75) is 13.3 Å². The Morgan fingerprint density at radius 1 is 1.83 bits per heavy atom. The Labute approximate surface area is 83.6 Å². The van der Waals surface area contributed by atoms with E-state index in [9.17, 15) is 4.79 Å². The number of nitrogens with zero attached hydrogens (tertiary/aromatic N) is 1. The van der Waals surface area contributed by atoms with Gasteiger partial charge in [-0.1, -0.05) is 11.6 Å². The van der Waals surface area contributed by atoms with Gasteiger partial charge in [-0.05, 0) is 22.9 Å². The number of hydrogen-bond acceptors (Lipinski definition) is 3. The molecule has 1 heterocycles. The maximum Gasteiger partial charge on any atom is 0.337 e. The number of hydrogen-bond donors (Lipinski definition) is 0. The molecule has 1 aliphatic rings. The topological polar surface area (TPSA) is 38.7 Å². The van der Waals surface area contributed by atoms with Gasteiger partial charge in [-0.25, -0.2) is 9.79 Å². The van der Waals surface area contributed by atoms with E-state index in [4.69, 9.17) is 16.3 Å². The Bertz CT molecular complexity index is 273. The smallest absolute Gasteiger partial charge is 0.337 e. The summed E-state index contributed by atoms with van der Waals surface area (Å²) in [5, 5.41) is 0.407. The molecule has 0 atom stereocenters. The lowest BCUT2D eigenvalue weighted by atomic mass is 10.2. The third kappa shape index (κ3) is 2.08. The van der Waals surface area contributed by atoms with Crippen molar-refractivity contribution in [1.82, 2.24) is 0 Å². The van der Waals surface area contributed by atoms with Crippen molar-refractivity contribution in [3.8, 4) is 0 Å². The molecule has 5 heteroatoms. The third-order valence-corrected chi connectivity index (χ3v) is 2.19. The molecule has 1 rings (SSSR count). The molecule has 0 spiro atoms. The predicted molar refractivity (Wildman–Crippen MR) is 50.5 cm³/mol. The zero-order valence-electron chi connectivity index (χ0n) is 6.43. The second kappa shape index (κ2) is 4.05. The summed E-state index contributed by atoms with van der Waals surface area (Å²) in [5.74, 6) is -0.358. The third-order valence-electron chi connectivity index (χ3n) is 1.31. The van der Waals surface area contributed by atoms with E-state index in [1.54, 1.807) is 6.92 Å². The first-order valence-corrected chi connectivity index (χ1v) is 4.61. The average Bonchev–Trinajstić information content (AvgIpc) is 2.30. The maximum atomic E-state index is 11.2. The molecule has 0 amide bonds. The highest BCUT2D eigenvalue weighted by molar-refractivity contribution is 9.11. The number of ether oxygens (including phenoxy) is 1. The highest BCUT2D eigenvalue weighted by Gasteiger charge is 2.21. The lowest BCUT2D eigenvalue weighted by molar-refractivity contribution is -0.138. The van der Waals surface area contributed by atoms with Crippen molar-refractivity contribution < 1.29 is 9.53 Å². The zero-order valence-corrected chi connectivity index (χ0v) is 8.78. The van der Waals surface area contributed by atoms with Gasteiger partial charge in [0.2, 0.25) is 0 Å². The Morgan fingerprint density at radius 2 is 2.50 bits per heavy atom. The standard InChI is InChI=1S/C7H7BrClNO2/c1-2-12-7(11)4-3-5(9)10-6(4)8/h2-3H2,1H3.